The minimum Gasteiger partial charge on any atom is -0.342 e. The minimum absolute atomic E-state index is 0.0808. The molecule has 4 heteroatoms. The quantitative estimate of drug-likeness (QED) is 0.686. The Morgan fingerprint density at radius 3 is 2.50 bits per heavy atom. The summed E-state index contributed by atoms with van der Waals surface area (Å²) in [7, 11) is 0. The topological polar surface area (TPSA) is 44.1 Å². The van der Waals surface area contributed by atoms with Crippen LogP contribution in [0.4, 0.5) is 0 Å². The Hall–Kier alpha value is -0.560. The van der Waals surface area contributed by atoms with Crippen LogP contribution in [0.5, 0.6) is 0 Å². The van der Waals surface area contributed by atoms with Crippen molar-refractivity contribution in [3.05, 3.63) is 0 Å². The van der Waals surface area contributed by atoms with Crippen LogP contribution < -0.4 is 0 Å². The lowest BCUT2D eigenvalue weighted by Gasteiger charge is -2.60. The average molecular weight is 367 g/mol. The lowest BCUT2D eigenvalue weighted by atomic mass is 9.48. The highest BCUT2D eigenvalue weighted by Crippen LogP contribution is 2.65. The van der Waals surface area contributed by atoms with E-state index >= 15 is 0 Å². The predicted octanol–water partition coefficient (Wildman–Crippen LogP) is 4.12. The second-order valence-electron chi connectivity index (χ2n) is 8.25. The van der Waals surface area contributed by atoms with Gasteiger partial charge in [-0.25, -0.2) is 0 Å². The van der Waals surface area contributed by atoms with E-state index in [1.807, 2.05) is 18.7 Å². The van der Waals surface area contributed by atoms with Crippen molar-refractivity contribution in [2.24, 2.45) is 23.2 Å². The number of alkyl halides is 1. The maximum Gasteiger partial charge on any atom is 0.223 e. The van der Waals surface area contributed by atoms with Crippen LogP contribution in [-0.2, 0) is 4.79 Å². The summed E-state index contributed by atoms with van der Waals surface area (Å²) in [6.45, 7) is 5.21. The lowest BCUT2D eigenvalue weighted by molar-refractivity contribution is -0.138. The Bertz CT molecular complexity index is 484. The second-order valence-corrected chi connectivity index (χ2v) is 9.93. The molecule has 0 spiro atoms. The second kappa shape index (κ2) is 5.82. The van der Waals surface area contributed by atoms with Gasteiger partial charge in [-0.15, -0.1) is 0 Å². The van der Waals surface area contributed by atoms with Gasteiger partial charge in [0.05, 0.1) is 12.0 Å². The molecule has 4 aliphatic carbocycles. The van der Waals surface area contributed by atoms with Crippen LogP contribution in [0.15, 0.2) is 0 Å². The summed E-state index contributed by atoms with van der Waals surface area (Å²) in [6.07, 6.45) is 8.35. The molecule has 0 heterocycles. The predicted molar refractivity (Wildman–Crippen MR) is 90.4 cm³/mol. The van der Waals surface area contributed by atoms with Crippen molar-refractivity contribution in [3.63, 3.8) is 0 Å². The highest BCUT2D eigenvalue weighted by molar-refractivity contribution is 9.10. The first-order chi connectivity index (χ1) is 10.4. The number of hydrogen-bond acceptors (Lipinski definition) is 2. The van der Waals surface area contributed by atoms with E-state index in [9.17, 15) is 4.79 Å². The Labute approximate surface area is 142 Å². The maximum atomic E-state index is 12.8. The Kier molecular flexibility index (Phi) is 4.31. The van der Waals surface area contributed by atoms with Gasteiger partial charge in [-0.05, 0) is 69.6 Å². The molecule has 1 amide bonds. The van der Waals surface area contributed by atoms with Gasteiger partial charge in [0.2, 0.25) is 5.91 Å². The molecule has 4 saturated carbocycles. The van der Waals surface area contributed by atoms with Gasteiger partial charge in [-0.3, -0.25) is 4.79 Å². The third kappa shape index (κ3) is 3.07. The van der Waals surface area contributed by atoms with Crippen LogP contribution in [0, 0.1) is 34.5 Å². The monoisotopic (exact) mass is 366 g/mol. The molecule has 3 unspecified atom stereocenters. The third-order valence-electron chi connectivity index (χ3n) is 6.09. The highest BCUT2D eigenvalue weighted by atomic mass is 79.9. The standard InChI is InChI=1S/C18H27BrN2O/c1-3-21(11-13(2)10-20)16(22)9-17-5-14-4-15(6-17)8-18(19,7-14)12-17/h13-15H,3-9,11-12H2,1-2H3. The van der Waals surface area contributed by atoms with E-state index in [2.05, 4.69) is 22.0 Å². The zero-order valence-corrected chi connectivity index (χ0v) is 15.4. The van der Waals surface area contributed by atoms with Crippen LogP contribution in [0.2, 0.25) is 0 Å². The van der Waals surface area contributed by atoms with Gasteiger partial charge < -0.3 is 4.90 Å². The van der Waals surface area contributed by atoms with Gasteiger partial charge >= 0.3 is 0 Å². The molecule has 0 N–H and O–H groups in total. The molecule has 0 aliphatic heterocycles. The first-order valence-electron chi connectivity index (χ1n) is 8.73. The number of nitrogens with zero attached hydrogens (tertiary/aromatic N) is 2. The van der Waals surface area contributed by atoms with E-state index < -0.39 is 0 Å². The van der Waals surface area contributed by atoms with Gasteiger partial charge in [-0.1, -0.05) is 15.9 Å². The molecule has 0 aromatic carbocycles. The van der Waals surface area contributed by atoms with Crippen molar-refractivity contribution in [1.82, 2.24) is 4.90 Å². The van der Waals surface area contributed by atoms with Crippen molar-refractivity contribution >= 4 is 21.8 Å². The summed E-state index contributed by atoms with van der Waals surface area (Å²) in [6, 6.07) is 2.25. The molecule has 0 saturated heterocycles. The van der Waals surface area contributed by atoms with Crippen molar-refractivity contribution in [2.75, 3.05) is 13.1 Å². The Balaban J connectivity index is 1.69. The van der Waals surface area contributed by atoms with E-state index in [-0.39, 0.29) is 17.2 Å². The molecular formula is C18H27BrN2O. The first-order valence-corrected chi connectivity index (χ1v) is 9.53. The van der Waals surface area contributed by atoms with Crippen LogP contribution in [0.25, 0.3) is 0 Å². The zero-order chi connectivity index (χ0) is 16.0. The number of halogens is 1. The van der Waals surface area contributed by atoms with Gasteiger partial charge in [0.25, 0.3) is 0 Å². The molecule has 0 aromatic rings. The third-order valence-corrected chi connectivity index (χ3v) is 7.01. The van der Waals surface area contributed by atoms with E-state index in [0.29, 0.717) is 23.8 Å². The Morgan fingerprint density at radius 2 is 2.00 bits per heavy atom. The SMILES string of the molecule is CCN(CC(C)C#N)C(=O)CC12CC3CC(CC(Br)(C3)C1)C2. The summed E-state index contributed by atoms with van der Waals surface area (Å²) in [4.78, 5) is 14.7. The molecule has 3 atom stereocenters. The molecule has 3 nitrogen and oxygen atoms in total. The Morgan fingerprint density at radius 1 is 1.36 bits per heavy atom. The summed E-state index contributed by atoms with van der Waals surface area (Å²) in [5.41, 5.74) is 0.230. The summed E-state index contributed by atoms with van der Waals surface area (Å²) in [5.74, 6) is 1.83. The van der Waals surface area contributed by atoms with E-state index in [4.69, 9.17) is 5.26 Å². The van der Waals surface area contributed by atoms with E-state index in [1.54, 1.807) is 0 Å². The maximum absolute atomic E-state index is 12.8. The number of carbonyl (C=O) groups excluding carboxylic acids is 1. The van der Waals surface area contributed by atoms with Crippen molar-refractivity contribution < 1.29 is 4.79 Å². The molecule has 0 radical (unpaired) electrons. The fraction of sp³-hybridized carbons (Fsp3) is 0.889. The molecule has 22 heavy (non-hydrogen) atoms. The number of hydrogen-bond donors (Lipinski definition) is 0. The van der Waals surface area contributed by atoms with Crippen LogP contribution >= 0.6 is 15.9 Å². The normalized spacial score (nSPS) is 40.3. The fourth-order valence-corrected chi connectivity index (χ4v) is 7.26. The van der Waals surface area contributed by atoms with Gasteiger partial charge in [-0.2, -0.15) is 5.26 Å². The molecule has 4 bridgehead atoms. The van der Waals surface area contributed by atoms with Crippen molar-refractivity contribution in [3.8, 4) is 6.07 Å². The number of carbonyl (C=O) groups is 1. The largest absolute Gasteiger partial charge is 0.342 e. The van der Waals surface area contributed by atoms with Crippen LogP contribution in [-0.4, -0.2) is 28.2 Å². The molecule has 4 aliphatic rings. The van der Waals surface area contributed by atoms with Crippen LogP contribution in [0.1, 0.15) is 58.8 Å². The van der Waals surface area contributed by atoms with E-state index in [0.717, 1.165) is 11.8 Å². The van der Waals surface area contributed by atoms with Gasteiger partial charge in [0.15, 0.2) is 0 Å². The lowest BCUT2D eigenvalue weighted by Crippen LogP contribution is -2.54. The van der Waals surface area contributed by atoms with E-state index in [1.165, 1.54) is 38.5 Å². The minimum atomic E-state index is -0.0808. The molecule has 0 aromatic heterocycles. The molecular weight excluding hydrogens is 340 g/mol. The molecule has 4 rings (SSSR count). The summed E-state index contributed by atoms with van der Waals surface area (Å²) in [5, 5.41) is 9.00. The fourth-order valence-electron chi connectivity index (χ4n) is 5.75. The number of nitriles is 1. The van der Waals surface area contributed by atoms with Gasteiger partial charge in [0, 0.05) is 23.8 Å². The zero-order valence-electron chi connectivity index (χ0n) is 13.8. The first kappa shape index (κ1) is 16.3. The average Bonchev–Trinajstić information content (AvgIpc) is 2.40. The summed E-state index contributed by atoms with van der Waals surface area (Å²) >= 11 is 4.02. The highest BCUT2D eigenvalue weighted by Gasteiger charge is 2.57. The molecule has 122 valence electrons. The number of rotatable bonds is 5. The summed E-state index contributed by atoms with van der Waals surface area (Å²) < 4.78 is 0.314. The van der Waals surface area contributed by atoms with Crippen molar-refractivity contribution in [1.29, 1.82) is 5.26 Å². The van der Waals surface area contributed by atoms with Crippen molar-refractivity contribution in [2.45, 2.75) is 63.1 Å². The van der Waals surface area contributed by atoms with Gasteiger partial charge in [0.1, 0.15) is 0 Å². The smallest absolute Gasteiger partial charge is 0.223 e. The van der Waals surface area contributed by atoms with Crippen LogP contribution in [0.3, 0.4) is 0 Å². The molecule has 4 fully saturated rings. The number of amides is 1.